The predicted octanol–water partition coefficient (Wildman–Crippen LogP) is 4.12. The van der Waals surface area contributed by atoms with Crippen molar-refractivity contribution in [3.63, 3.8) is 0 Å². The van der Waals surface area contributed by atoms with Gasteiger partial charge in [0.2, 0.25) is 10.0 Å². The SMILES string of the molecule is Cc1cc(F)ccc1NC(=O)c1ccc(Cl)c(S(=O)(=O)NC(C)(C)C)c1. The van der Waals surface area contributed by atoms with Crippen molar-refractivity contribution in [2.75, 3.05) is 5.32 Å². The van der Waals surface area contributed by atoms with Crippen LogP contribution in [0.25, 0.3) is 0 Å². The first-order valence-corrected chi connectivity index (χ1v) is 9.66. The number of amides is 1. The molecule has 0 bridgehead atoms. The maximum atomic E-state index is 13.2. The van der Waals surface area contributed by atoms with Crippen LogP contribution < -0.4 is 10.0 Å². The Morgan fingerprint density at radius 2 is 1.77 bits per heavy atom. The number of sulfonamides is 1. The number of anilines is 1. The summed E-state index contributed by atoms with van der Waals surface area (Å²) in [5.41, 5.74) is 0.400. The number of benzene rings is 2. The Bertz CT molecular complexity index is 953. The van der Waals surface area contributed by atoms with Crippen LogP contribution in [0.15, 0.2) is 41.3 Å². The van der Waals surface area contributed by atoms with Crippen LogP contribution in [-0.2, 0) is 10.0 Å². The normalized spacial score (nSPS) is 12.1. The van der Waals surface area contributed by atoms with E-state index in [2.05, 4.69) is 10.0 Å². The number of nitrogens with one attached hydrogen (secondary N) is 2. The van der Waals surface area contributed by atoms with Crippen LogP contribution >= 0.6 is 11.6 Å². The summed E-state index contributed by atoms with van der Waals surface area (Å²) in [4.78, 5) is 12.3. The number of hydrogen-bond acceptors (Lipinski definition) is 3. The van der Waals surface area contributed by atoms with Gasteiger partial charge in [-0.1, -0.05) is 11.6 Å². The molecule has 140 valence electrons. The van der Waals surface area contributed by atoms with Gasteiger partial charge in [-0.15, -0.1) is 0 Å². The summed E-state index contributed by atoms with van der Waals surface area (Å²) in [6, 6.07) is 7.95. The monoisotopic (exact) mass is 398 g/mol. The van der Waals surface area contributed by atoms with Crippen molar-refractivity contribution in [1.82, 2.24) is 4.72 Å². The van der Waals surface area contributed by atoms with E-state index in [1.54, 1.807) is 27.7 Å². The molecule has 0 saturated heterocycles. The Balaban J connectivity index is 2.35. The number of carbonyl (C=O) groups is 1. The minimum Gasteiger partial charge on any atom is -0.322 e. The Kier molecular flexibility index (Phi) is 5.75. The second-order valence-electron chi connectivity index (χ2n) is 6.91. The van der Waals surface area contributed by atoms with E-state index in [1.807, 2.05) is 0 Å². The second-order valence-corrected chi connectivity index (χ2v) is 8.97. The molecular weight excluding hydrogens is 379 g/mol. The van der Waals surface area contributed by atoms with Crippen LogP contribution in [0.3, 0.4) is 0 Å². The Hall–Kier alpha value is -1.96. The van der Waals surface area contributed by atoms with E-state index in [0.29, 0.717) is 11.3 Å². The van der Waals surface area contributed by atoms with Gasteiger partial charge in [0.05, 0.1) is 5.02 Å². The number of halogens is 2. The second kappa shape index (κ2) is 7.34. The van der Waals surface area contributed by atoms with Crippen LogP contribution in [-0.4, -0.2) is 19.9 Å². The van der Waals surface area contributed by atoms with Crippen LogP contribution in [0.1, 0.15) is 36.7 Å². The highest BCUT2D eigenvalue weighted by atomic mass is 35.5. The van der Waals surface area contributed by atoms with Gasteiger partial charge in [-0.25, -0.2) is 17.5 Å². The first-order chi connectivity index (χ1) is 11.9. The fourth-order valence-electron chi connectivity index (χ4n) is 2.27. The molecule has 0 radical (unpaired) electrons. The molecule has 1 amide bonds. The summed E-state index contributed by atoms with van der Waals surface area (Å²) in [5, 5.41) is 2.65. The number of carbonyl (C=O) groups excluding carboxylic acids is 1. The summed E-state index contributed by atoms with van der Waals surface area (Å²) in [5.74, 6) is -0.933. The summed E-state index contributed by atoms with van der Waals surface area (Å²) in [6.45, 7) is 6.76. The van der Waals surface area contributed by atoms with E-state index in [1.165, 1.54) is 36.4 Å². The molecule has 0 aliphatic carbocycles. The maximum absolute atomic E-state index is 13.2. The quantitative estimate of drug-likeness (QED) is 0.813. The van der Waals surface area contributed by atoms with Gasteiger partial charge in [0, 0.05) is 16.8 Å². The summed E-state index contributed by atoms with van der Waals surface area (Å²) < 4.78 is 40.7. The maximum Gasteiger partial charge on any atom is 0.255 e. The van der Waals surface area contributed by atoms with Crippen LogP contribution in [0.2, 0.25) is 5.02 Å². The van der Waals surface area contributed by atoms with E-state index in [-0.39, 0.29) is 15.5 Å². The van der Waals surface area contributed by atoms with Gasteiger partial charge in [-0.2, -0.15) is 0 Å². The molecule has 0 saturated carbocycles. The van der Waals surface area contributed by atoms with Crippen molar-refractivity contribution in [3.8, 4) is 0 Å². The number of hydrogen-bond donors (Lipinski definition) is 2. The highest BCUT2D eigenvalue weighted by Gasteiger charge is 2.25. The third kappa shape index (κ3) is 5.03. The van der Waals surface area contributed by atoms with Crippen LogP contribution in [0, 0.1) is 12.7 Å². The molecule has 0 spiro atoms. The van der Waals surface area contributed by atoms with Crippen molar-refractivity contribution in [1.29, 1.82) is 0 Å². The fourth-order valence-corrected chi connectivity index (χ4v) is 4.22. The summed E-state index contributed by atoms with van der Waals surface area (Å²) in [7, 11) is -3.90. The first-order valence-electron chi connectivity index (χ1n) is 7.80. The zero-order chi connectivity index (χ0) is 19.7. The predicted molar refractivity (Wildman–Crippen MR) is 101 cm³/mol. The molecule has 2 aromatic rings. The molecule has 5 nitrogen and oxygen atoms in total. The van der Waals surface area contributed by atoms with Gasteiger partial charge in [-0.05, 0) is 69.7 Å². The van der Waals surface area contributed by atoms with Gasteiger partial charge in [0.1, 0.15) is 10.7 Å². The Morgan fingerprint density at radius 1 is 1.12 bits per heavy atom. The first kappa shape index (κ1) is 20.4. The molecule has 26 heavy (non-hydrogen) atoms. The molecule has 2 aromatic carbocycles. The average molecular weight is 399 g/mol. The molecular formula is C18H20ClFN2O3S. The van der Waals surface area contributed by atoms with E-state index >= 15 is 0 Å². The summed E-state index contributed by atoms with van der Waals surface area (Å²) >= 11 is 6.02. The molecule has 0 heterocycles. The van der Waals surface area contributed by atoms with Crippen LogP contribution in [0.4, 0.5) is 10.1 Å². The van der Waals surface area contributed by atoms with E-state index in [4.69, 9.17) is 11.6 Å². The zero-order valence-electron chi connectivity index (χ0n) is 14.9. The Labute approximate surface area is 157 Å². The topological polar surface area (TPSA) is 75.3 Å². The largest absolute Gasteiger partial charge is 0.322 e. The van der Waals surface area contributed by atoms with Crippen molar-refractivity contribution in [3.05, 3.63) is 58.4 Å². The standard InChI is InChI=1S/C18H20ClFN2O3S/c1-11-9-13(20)6-8-15(11)21-17(23)12-5-7-14(19)16(10-12)26(24,25)22-18(2,3)4/h5-10,22H,1-4H3,(H,21,23). The minimum atomic E-state index is -3.90. The molecule has 0 aliphatic heterocycles. The lowest BCUT2D eigenvalue weighted by atomic mass is 10.1. The fraction of sp³-hybridized carbons (Fsp3) is 0.278. The van der Waals surface area contributed by atoms with E-state index < -0.39 is 27.3 Å². The van der Waals surface area contributed by atoms with Gasteiger partial charge >= 0.3 is 0 Å². The van der Waals surface area contributed by atoms with Crippen LogP contribution in [0.5, 0.6) is 0 Å². The van der Waals surface area contributed by atoms with E-state index in [9.17, 15) is 17.6 Å². The summed E-state index contributed by atoms with van der Waals surface area (Å²) in [6.07, 6.45) is 0. The third-order valence-electron chi connectivity index (χ3n) is 3.36. The molecule has 0 aromatic heterocycles. The number of rotatable bonds is 4. The number of aryl methyl sites for hydroxylation is 1. The highest BCUT2D eigenvalue weighted by molar-refractivity contribution is 7.89. The Morgan fingerprint density at radius 3 is 2.35 bits per heavy atom. The van der Waals surface area contributed by atoms with Gasteiger partial charge in [0.25, 0.3) is 5.91 Å². The minimum absolute atomic E-state index is 0.0104. The van der Waals surface area contributed by atoms with E-state index in [0.717, 1.165) is 0 Å². The van der Waals surface area contributed by atoms with Gasteiger partial charge < -0.3 is 5.32 Å². The zero-order valence-corrected chi connectivity index (χ0v) is 16.4. The molecule has 2 N–H and O–H groups in total. The molecule has 0 fully saturated rings. The van der Waals surface area contributed by atoms with Crippen molar-refractivity contribution < 1.29 is 17.6 Å². The molecule has 2 rings (SSSR count). The van der Waals surface area contributed by atoms with Crippen molar-refractivity contribution in [2.45, 2.75) is 38.1 Å². The average Bonchev–Trinajstić information content (AvgIpc) is 2.47. The lowest BCUT2D eigenvalue weighted by molar-refractivity contribution is 0.102. The third-order valence-corrected chi connectivity index (χ3v) is 5.60. The molecule has 8 heteroatoms. The lowest BCUT2D eigenvalue weighted by Crippen LogP contribution is -2.40. The highest BCUT2D eigenvalue weighted by Crippen LogP contribution is 2.25. The molecule has 0 unspecified atom stereocenters. The smallest absolute Gasteiger partial charge is 0.255 e. The van der Waals surface area contributed by atoms with Gasteiger partial charge in [-0.3, -0.25) is 4.79 Å². The molecule has 0 atom stereocenters. The molecule has 0 aliphatic rings. The lowest BCUT2D eigenvalue weighted by Gasteiger charge is -2.21. The van der Waals surface area contributed by atoms with Gasteiger partial charge in [0.15, 0.2) is 0 Å². The van der Waals surface area contributed by atoms with Crippen molar-refractivity contribution >= 4 is 33.2 Å². The van der Waals surface area contributed by atoms with Crippen molar-refractivity contribution in [2.24, 2.45) is 0 Å².